The van der Waals surface area contributed by atoms with Crippen molar-refractivity contribution in [1.82, 2.24) is 10.2 Å². The van der Waals surface area contributed by atoms with Crippen molar-refractivity contribution in [3.63, 3.8) is 0 Å². The summed E-state index contributed by atoms with van der Waals surface area (Å²) in [4.78, 5) is 34.9. The smallest absolute Gasteiger partial charge is 0.324 e. The van der Waals surface area contributed by atoms with E-state index in [4.69, 9.17) is 0 Å². The van der Waals surface area contributed by atoms with Crippen molar-refractivity contribution in [3.8, 4) is 0 Å². The van der Waals surface area contributed by atoms with Crippen LogP contribution in [-0.4, -0.2) is 27.3 Å². The molecule has 0 atom stereocenters. The normalized spacial score (nSPS) is 17.5. The minimum Gasteiger partial charge on any atom is -0.324 e. The average Bonchev–Trinajstić information content (AvgIpc) is 2.52. The zero-order chi connectivity index (χ0) is 14.2. The number of hydrogen-bond acceptors (Lipinski definition) is 4. The van der Waals surface area contributed by atoms with Gasteiger partial charge in [0.2, 0.25) is 0 Å². The number of nitro benzene ring substituents is 1. The highest BCUT2D eigenvalue weighted by Crippen LogP contribution is 2.21. The van der Waals surface area contributed by atoms with Gasteiger partial charge in [-0.25, -0.2) is 4.79 Å². The molecule has 0 aromatic heterocycles. The van der Waals surface area contributed by atoms with E-state index in [1.807, 2.05) is 0 Å². The minimum absolute atomic E-state index is 0.0236. The van der Waals surface area contributed by atoms with Crippen molar-refractivity contribution in [3.05, 3.63) is 39.9 Å². The van der Waals surface area contributed by atoms with E-state index in [9.17, 15) is 19.7 Å². The van der Waals surface area contributed by atoms with Crippen LogP contribution in [0, 0.1) is 10.1 Å². The number of imide groups is 1. The summed E-state index contributed by atoms with van der Waals surface area (Å²) < 4.78 is 0. The maximum Gasteiger partial charge on any atom is 0.325 e. The molecule has 100 valence electrons. The van der Waals surface area contributed by atoms with Gasteiger partial charge >= 0.3 is 6.03 Å². The van der Waals surface area contributed by atoms with E-state index in [0.717, 1.165) is 4.90 Å². The Hall–Kier alpha value is -2.44. The van der Waals surface area contributed by atoms with Crippen LogP contribution in [0.3, 0.4) is 0 Å². The first kappa shape index (κ1) is 13.0. The largest absolute Gasteiger partial charge is 0.325 e. The van der Waals surface area contributed by atoms with E-state index in [0.29, 0.717) is 5.56 Å². The Kier molecular flexibility index (Phi) is 2.97. The molecule has 2 rings (SSSR count). The highest BCUT2D eigenvalue weighted by atomic mass is 16.6. The van der Waals surface area contributed by atoms with Gasteiger partial charge in [-0.05, 0) is 19.4 Å². The molecule has 1 aromatic rings. The van der Waals surface area contributed by atoms with Crippen LogP contribution in [0.2, 0.25) is 0 Å². The van der Waals surface area contributed by atoms with Crippen LogP contribution in [0.1, 0.15) is 19.4 Å². The molecule has 0 radical (unpaired) electrons. The van der Waals surface area contributed by atoms with E-state index in [2.05, 4.69) is 5.32 Å². The molecule has 1 N–H and O–H groups in total. The van der Waals surface area contributed by atoms with E-state index >= 15 is 0 Å². The number of nitrogens with zero attached hydrogens (tertiary/aromatic N) is 2. The fourth-order valence-electron chi connectivity index (χ4n) is 1.91. The fraction of sp³-hybridized carbons (Fsp3) is 0.333. The zero-order valence-electron chi connectivity index (χ0n) is 10.5. The number of carbonyl (C=O) groups is 2. The maximum atomic E-state index is 12.0. The van der Waals surface area contributed by atoms with Gasteiger partial charge in [0.1, 0.15) is 5.54 Å². The lowest BCUT2D eigenvalue weighted by Crippen LogP contribution is -2.40. The Morgan fingerprint density at radius 1 is 1.37 bits per heavy atom. The monoisotopic (exact) mass is 263 g/mol. The quantitative estimate of drug-likeness (QED) is 0.507. The molecule has 19 heavy (non-hydrogen) atoms. The molecule has 1 fully saturated rings. The number of nitro groups is 1. The number of non-ortho nitro benzene ring substituents is 1. The van der Waals surface area contributed by atoms with Gasteiger partial charge in [-0.2, -0.15) is 0 Å². The van der Waals surface area contributed by atoms with E-state index in [-0.39, 0.29) is 18.1 Å². The van der Waals surface area contributed by atoms with Gasteiger partial charge in [-0.1, -0.05) is 12.1 Å². The Labute approximate surface area is 109 Å². The minimum atomic E-state index is -0.933. The third-order valence-corrected chi connectivity index (χ3v) is 2.91. The summed E-state index contributed by atoms with van der Waals surface area (Å²) in [6.07, 6.45) is 0. The van der Waals surface area contributed by atoms with Crippen LogP contribution in [0.5, 0.6) is 0 Å². The lowest BCUT2D eigenvalue weighted by molar-refractivity contribution is -0.384. The molecular weight excluding hydrogens is 250 g/mol. The van der Waals surface area contributed by atoms with Crippen molar-refractivity contribution < 1.29 is 14.5 Å². The lowest BCUT2D eigenvalue weighted by Gasteiger charge is -2.15. The van der Waals surface area contributed by atoms with Crippen LogP contribution < -0.4 is 5.32 Å². The second kappa shape index (κ2) is 4.34. The molecule has 1 saturated heterocycles. The number of nitrogens with one attached hydrogen (secondary N) is 1. The van der Waals surface area contributed by atoms with E-state index < -0.39 is 16.5 Å². The van der Waals surface area contributed by atoms with Gasteiger partial charge < -0.3 is 5.32 Å². The summed E-state index contributed by atoms with van der Waals surface area (Å²) >= 11 is 0. The first-order valence-electron chi connectivity index (χ1n) is 5.69. The van der Waals surface area contributed by atoms with Gasteiger partial charge in [0, 0.05) is 12.1 Å². The number of amides is 3. The van der Waals surface area contributed by atoms with Crippen molar-refractivity contribution in [2.24, 2.45) is 0 Å². The topological polar surface area (TPSA) is 92.6 Å². The van der Waals surface area contributed by atoms with Crippen LogP contribution in [0.25, 0.3) is 0 Å². The molecule has 3 amide bonds. The van der Waals surface area contributed by atoms with Crippen LogP contribution in [0.15, 0.2) is 24.3 Å². The Bertz CT molecular complexity index is 568. The van der Waals surface area contributed by atoms with Crippen LogP contribution in [0.4, 0.5) is 10.5 Å². The number of benzene rings is 1. The van der Waals surface area contributed by atoms with E-state index in [1.165, 1.54) is 18.2 Å². The number of urea groups is 1. The lowest BCUT2D eigenvalue weighted by atomic mass is 10.1. The molecule has 1 aliphatic heterocycles. The Morgan fingerprint density at radius 3 is 2.58 bits per heavy atom. The molecule has 0 bridgehead atoms. The first-order valence-corrected chi connectivity index (χ1v) is 5.69. The van der Waals surface area contributed by atoms with Gasteiger partial charge in [-0.15, -0.1) is 0 Å². The van der Waals surface area contributed by atoms with Gasteiger partial charge in [-0.3, -0.25) is 19.8 Å². The van der Waals surface area contributed by atoms with Crippen molar-refractivity contribution in [2.75, 3.05) is 0 Å². The average molecular weight is 263 g/mol. The Balaban J connectivity index is 2.22. The maximum absolute atomic E-state index is 12.0. The summed E-state index contributed by atoms with van der Waals surface area (Å²) in [5.74, 6) is -0.344. The van der Waals surface area contributed by atoms with Gasteiger partial charge in [0.25, 0.3) is 11.6 Å². The third kappa shape index (κ3) is 2.40. The third-order valence-electron chi connectivity index (χ3n) is 2.91. The summed E-state index contributed by atoms with van der Waals surface area (Å²) in [5, 5.41) is 13.2. The molecular formula is C12H13N3O4. The fourth-order valence-corrected chi connectivity index (χ4v) is 1.91. The van der Waals surface area contributed by atoms with Gasteiger partial charge in [0.15, 0.2) is 0 Å². The highest BCUT2D eigenvalue weighted by molar-refractivity contribution is 6.06. The van der Waals surface area contributed by atoms with E-state index in [1.54, 1.807) is 19.9 Å². The van der Waals surface area contributed by atoms with Crippen LogP contribution in [-0.2, 0) is 11.3 Å². The van der Waals surface area contributed by atoms with Crippen LogP contribution >= 0.6 is 0 Å². The molecule has 0 unspecified atom stereocenters. The summed E-state index contributed by atoms with van der Waals surface area (Å²) in [7, 11) is 0. The van der Waals surface area contributed by atoms with Crippen molar-refractivity contribution in [1.29, 1.82) is 0 Å². The van der Waals surface area contributed by atoms with Gasteiger partial charge in [0.05, 0.1) is 11.5 Å². The molecule has 1 aliphatic rings. The summed E-state index contributed by atoms with van der Waals surface area (Å²) in [6, 6.07) is 5.39. The molecule has 1 aromatic carbocycles. The summed E-state index contributed by atoms with van der Waals surface area (Å²) in [6.45, 7) is 3.25. The molecule has 7 heteroatoms. The molecule has 0 spiro atoms. The number of rotatable bonds is 3. The van der Waals surface area contributed by atoms with Crippen molar-refractivity contribution >= 4 is 17.6 Å². The van der Waals surface area contributed by atoms with Crippen molar-refractivity contribution in [2.45, 2.75) is 25.9 Å². The molecule has 1 heterocycles. The number of carbonyl (C=O) groups excluding carboxylic acids is 2. The first-order chi connectivity index (χ1) is 8.81. The Morgan fingerprint density at radius 2 is 2.05 bits per heavy atom. The predicted molar refractivity (Wildman–Crippen MR) is 66.3 cm³/mol. The molecule has 0 aliphatic carbocycles. The standard InChI is InChI=1S/C12H13N3O4/c1-12(2)10(16)14(11(17)13-12)7-8-4-3-5-9(6-8)15(18)19/h3-6H,7H2,1-2H3,(H,13,17). The second-order valence-corrected chi connectivity index (χ2v) is 4.87. The zero-order valence-corrected chi connectivity index (χ0v) is 10.5. The summed E-state index contributed by atoms with van der Waals surface area (Å²) in [5.41, 5.74) is -0.461. The second-order valence-electron chi connectivity index (χ2n) is 4.87. The molecule has 0 saturated carbocycles. The molecule has 7 nitrogen and oxygen atoms in total. The number of hydrogen-bond donors (Lipinski definition) is 1. The predicted octanol–water partition coefficient (Wildman–Crippen LogP) is 1.43. The highest BCUT2D eigenvalue weighted by Gasteiger charge is 2.44. The SMILES string of the molecule is CC1(C)NC(=O)N(Cc2cccc([N+](=O)[O-])c2)C1=O.